The summed E-state index contributed by atoms with van der Waals surface area (Å²) in [6, 6.07) is 17.1. The Hall–Kier alpha value is -3.47. The highest BCUT2D eigenvalue weighted by Gasteiger charge is 2.16. The Kier molecular flexibility index (Phi) is 3.77. The minimum Gasteiger partial charge on any atom is -0.478 e. The van der Waals surface area contributed by atoms with Gasteiger partial charge in [0, 0.05) is 10.9 Å². The number of aromatic nitrogens is 3. The van der Waals surface area contributed by atoms with Gasteiger partial charge in [0.25, 0.3) is 0 Å². The number of aromatic carboxylic acids is 1. The molecule has 0 saturated heterocycles. The van der Waals surface area contributed by atoms with E-state index in [1.807, 2.05) is 67.1 Å². The van der Waals surface area contributed by atoms with Crippen LogP contribution in [0.5, 0.6) is 0 Å². The van der Waals surface area contributed by atoms with E-state index in [1.54, 1.807) is 12.3 Å². The van der Waals surface area contributed by atoms with Gasteiger partial charge in [-0.2, -0.15) is 5.10 Å². The Balaban J connectivity index is 1.92. The standard InChI is InChI=1S/C21H17N3O2/c1-13-8-9-19-16(10-13)17(21(25)26)11-20(23-19)18-12-22-24(14(18)2)15-6-4-3-5-7-15/h3-12H,1-2H3,(H,25,26). The fourth-order valence-corrected chi connectivity index (χ4v) is 3.15. The molecule has 5 heteroatoms. The van der Waals surface area contributed by atoms with E-state index in [0.29, 0.717) is 16.6 Å². The number of benzene rings is 2. The molecule has 1 N–H and O–H groups in total. The van der Waals surface area contributed by atoms with Crippen molar-refractivity contribution in [1.82, 2.24) is 14.8 Å². The van der Waals surface area contributed by atoms with Gasteiger partial charge < -0.3 is 5.11 Å². The maximum Gasteiger partial charge on any atom is 0.336 e. The summed E-state index contributed by atoms with van der Waals surface area (Å²) < 4.78 is 1.83. The predicted molar refractivity (Wildman–Crippen MR) is 101 cm³/mol. The number of para-hydroxylation sites is 1. The summed E-state index contributed by atoms with van der Waals surface area (Å²) in [6.07, 6.45) is 1.73. The van der Waals surface area contributed by atoms with Gasteiger partial charge in [-0.25, -0.2) is 14.5 Å². The van der Waals surface area contributed by atoms with E-state index < -0.39 is 5.97 Å². The van der Waals surface area contributed by atoms with Crippen molar-refractivity contribution in [3.63, 3.8) is 0 Å². The molecule has 0 unspecified atom stereocenters. The summed E-state index contributed by atoms with van der Waals surface area (Å²) in [7, 11) is 0. The topological polar surface area (TPSA) is 68.0 Å². The number of nitrogens with zero attached hydrogens (tertiary/aromatic N) is 3. The van der Waals surface area contributed by atoms with Gasteiger partial charge in [-0.3, -0.25) is 0 Å². The van der Waals surface area contributed by atoms with Gasteiger partial charge >= 0.3 is 5.97 Å². The van der Waals surface area contributed by atoms with Gasteiger partial charge in [0.2, 0.25) is 0 Å². The van der Waals surface area contributed by atoms with Crippen LogP contribution in [0, 0.1) is 13.8 Å². The van der Waals surface area contributed by atoms with Crippen molar-refractivity contribution in [1.29, 1.82) is 0 Å². The molecule has 0 atom stereocenters. The van der Waals surface area contributed by atoms with Crippen LogP contribution in [0.4, 0.5) is 0 Å². The van der Waals surface area contributed by atoms with Gasteiger partial charge in [0.1, 0.15) is 0 Å². The first-order chi connectivity index (χ1) is 12.5. The molecule has 0 bridgehead atoms. The van der Waals surface area contributed by atoms with Crippen LogP contribution in [0.25, 0.3) is 27.8 Å². The van der Waals surface area contributed by atoms with Crippen LogP contribution in [-0.4, -0.2) is 25.8 Å². The maximum absolute atomic E-state index is 11.8. The monoisotopic (exact) mass is 343 g/mol. The van der Waals surface area contributed by atoms with Crippen molar-refractivity contribution < 1.29 is 9.90 Å². The number of hydrogen-bond donors (Lipinski definition) is 1. The molecule has 5 nitrogen and oxygen atoms in total. The van der Waals surface area contributed by atoms with Crippen molar-refractivity contribution in [2.75, 3.05) is 0 Å². The molecule has 4 rings (SSSR count). The van der Waals surface area contributed by atoms with Crippen LogP contribution >= 0.6 is 0 Å². The average Bonchev–Trinajstić information content (AvgIpc) is 3.03. The molecule has 26 heavy (non-hydrogen) atoms. The molecular formula is C21H17N3O2. The third-order valence-corrected chi connectivity index (χ3v) is 4.48. The Bertz CT molecular complexity index is 1130. The van der Waals surface area contributed by atoms with Crippen LogP contribution in [0.3, 0.4) is 0 Å². The molecule has 4 aromatic rings. The van der Waals surface area contributed by atoms with Crippen LogP contribution in [0.2, 0.25) is 0 Å². The largest absolute Gasteiger partial charge is 0.478 e. The number of hydrogen-bond acceptors (Lipinski definition) is 3. The zero-order chi connectivity index (χ0) is 18.3. The molecular weight excluding hydrogens is 326 g/mol. The van der Waals surface area contributed by atoms with Gasteiger partial charge in [-0.1, -0.05) is 29.8 Å². The second kappa shape index (κ2) is 6.11. The Morgan fingerprint density at radius 2 is 1.81 bits per heavy atom. The number of carboxylic acids is 1. The predicted octanol–water partition coefficient (Wildman–Crippen LogP) is 4.40. The summed E-state index contributed by atoms with van der Waals surface area (Å²) >= 11 is 0. The normalized spacial score (nSPS) is 11.0. The van der Waals surface area contributed by atoms with E-state index in [2.05, 4.69) is 10.1 Å². The highest BCUT2D eigenvalue weighted by atomic mass is 16.4. The smallest absolute Gasteiger partial charge is 0.336 e. The third-order valence-electron chi connectivity index (χ3n) is 4.48. The molecule has 0 aliphatic heterocycles. The lowest BCUT2D eigenvalue weighted by Crippen LogP contribution is -2.01. The molecule has 0 radical (unpaired) electrons. The second-order valence-electron chi connectivity index (χ2n) is 6.27. The molecule has 128 valence electrons. The second-order valence-corrected chi connectivity index (χ2v) is 6.27. The lowest BCUT2D eigenvalue weighted by molar-refractivity contribution is 0.0699. The minimum absolute atomic E-state index is 0.251. The quantitative estimate of drug-likeness (QED) is 0.598. The molecule has 2 heterocycles. The summed E-state index contributed by atoms with van der Waals surface area (Å²) in [6.45, 7) is 3.89. The molecule has 0 spiro atoms. The minimum atomic E-state index is -0.961. The number of pyridine rings is 1. The van der Waals surface area contributed by atoms with Gasteiger partial charge in [-0.05, 0) is 44.2 Å². The van der Waals surface area contributed by atoms with Gasteiger partial charge in [0.15, 0.2) is 0 Å². The zero-order valence-corrected chi connectivity index (χ0v) is 14.5. The number of rotatable bonds is 3. The van der Waals surface area contributed by atoms with E-state index in [0.717, 1.165) is 22.5 Å². The number of carbonyl (C=O) groups is 1. The van der Waals surface area contributed by atoms with Crippen molar-refractivity contribution in [3.05, 3.63) is 77.6 Å². The Morgan fingerprint density at radius 1 is 1.04 bits per heavy atom. The fourth-order valence-electron chi connectivity index (χ4n) is 3.15. The van der Waals surface area contributed by atoms with E-state index in [9.17, 15) is 9.90 Å². The van der Waals surface area contributed by atoms with Gasteiger partial charge in [-0.15, -0.1) is 0 Å². The average molecular weight is 343 g/mol. The number of carboxylic acid groups (broad SMARTS) is 1. The van der Waals surface area contributed by atoms with E-state index in [1.165, 1.54) is 0 Å². The highest BCUT2D eigenvalue weighted by molar-refractivity contribution is 6.04. The number of aryl methyl sites for hydroxylation is 1. The highest BCUT2D eigenvalue weighted by Crippen LogP contribution is 2.28. The van der Waals surface area contributed by atoms with E-state index >= 15 is 0 Å². The van der Waals surface area contributed by atoms with Crippen molar-refractivity contribution in [2.24, 2.45) is 0 Å². The van der Waals surface area contributed by atoms with Crippen LogP contribution < -0.4 is 0 Å². The molecule has 2 aromatic carbocycles. The van der Waals surface area contributed by atoms with Crippen LogP contribution in [0.1, 0.15) is 21.6 Å². The van der Waals surface area contributed by atoms with Crippen molar-refractivity contribution in [3.8, 4) is 16.9 Å². The molecule has 0 aliphatic rings. The molecule has 0 saturated carbocycles. The Labute approximate surface area is 150 Å². The van der Waals surface area contributed by atoms with Crippen LogP contribution in [0.15, 0.2) is 60.8 Å². The first-order valence-corrected chi connectivity index (χ1v) is 8.30. The first kappa shape index (κ1) is 16.0. The Morgan fingerprint density at radius 3 is 2.54 bits per heavy atom. The molecule has 0 fully saturated rings. The summed E-state index contributed by atoms with van der Waals surface area (Å²) in [5, 5.41) is 14.8. The summed E-state index contributed by atoms with van der Waals surface area (Å²) in [4.78, 5) is 16.5. The SMILES string of the molecule is Cc1ccc2nc(-c3cnn(-c4ccccc4)c3C)cc(C(=O)O)c2c1. The van der Waals surface area contributed by atoms with E-state index in [4.69, 9.17) is 0 Å². The maximum atomic E-state index is 11.8. The third kappa shape index (κ3) is 2.63. The molecule has 0 amide bonds. The lowest BCUT2D eigenvalue weighted by Gasteiger charge is -2.08. The molecule has 2 aromatic heterocycles. The van der Waals surface area contributed by atoms with Crippen molar-refractivity contribution in [2.45, 2.75) is 13.8 Å². The van der Waals surface area contributed by atoms with Gasteiger partial charge in [0.05, 0.1) is 34.4 Å². The van der Waals surface area contributed by atoms with Crippen molar-refractivity contribution >= 4 is 16.9 Å². The number of fused-ring (bicyclic) bond motifs is 1. The summed E-state index contributed by atoms with van der Waals surface area (Å²) in [5.74, 6) is -0.961. The van der Waals surface area contributed by atoms with Crippen LogP contribution in [-0.2, 0) is 0 Å². The fraction of sp³-hybridized carbons (Fsp3) is 0.0952. The lowest BCUT2D eigenvalue weighted by atomic mass is 10.0. The molecule has 0 aliphatic carbocycles. The zero-order valence-electron chi connectivity index (χ0n) is 14.5. The van der Waals surface area contributed by atoms with E-state index in [-0.39, 0.29) is 5.56 Å². The summed E-state index contributed by atoms with van der Waals surface area (Å²) in [5.41, 5.74) is 5.20. The first-order valence-electron chi connectivity index (χ1n) is 8.30.